The van der Waals surface area contributed by atoms with Crippen LogP contribution in [0.5, 0.6) is 0 Å². The van der Waals surface area contributed by atoms with Gasteiger partial charge in [-0.1, -0.05) is 46.1 Å². The van der Waals surface area contributed by atoms with Gasteiger partial charge in [-0.15, -0.1) is 11.3 Å². The molecule has 1 aromatic heterocycles. The number of aromatic nitrogens is 1. The van der Waals surface area contributed by atoms with E-state index in [-0.39, 0.29) is 17.6 Å². The highest BCUT2D eigenvalue weighted by Crippen LogP contribution is 2.40. The number of hydrogen-bond acceptors (Lipinski definition) is 8. The minimum absolute atomic E-state index is 0.0315. The van der Waals surface area contributed by atoms with Gasteiger partial charge in [-0.2, -0.15) is 0 Å². The van der Waals surface area contributed by atoms with Gasteiger partial charge in [0.25, 0.3) is 0 Å². The summed E-state index contributed by atoms with van der Waals surface area (Å²) < 4.78 is 10.2. The molecular weight excluding hydrogens is 490 g/mol. The third-order valence-electron chi connectivity index (χ3n) is 5.96. The zero-order valence-electron chi connectivity index (χ0n) is 22.9. The second kappa shape index (κ2) is 15.6. The normalized spacial score (nSPS) is 16.7. The van der Waals surface area contributed by atoms with E-state index in [1.807, 2.05) is 52.2 Å². The van der Waals surface area contributed by atoms with Crippen LogP contribution in [0.1, 0.15) is 97.4 Å². The second-order valence-electron chi connectivity index (χ2n) is 9.69. The smallest absolute Gasteiger partial charge is 0.306 e. The van der Waals surface area contributed by atoms with Crippen molar-refractivity contribution in [2.24, 2.45) is 5.14 Å². The molecule has 6 nitrogen and oxygen atoms in total. The number of carbonyl (C=O) groups excluding carboxylic acids is 1. The Morgan fingerprint density at radius 1 is 1.28 bits per heavy atom. The van der Waals surface area contributed by atoms with E-state index < -0.39 is 0 Å². The molecule has 0 radical (unpaired) electrons. The average Bonchev–Trinajstić information content (AvgIpc) is 3.35. The highest BCUT2D eigenvalue weighted by molar-refractivity contribution is 7.97. The number of nitrogens with two attached hydrogens (primary N) is 1. The molecule has 0 spiro atoms. The van der Waals surface area contributed by atoms with Crippen molar-refractivity contribution < 1.29 is 14.3 Å². The van der Waals surface area contributed by atoms with Crippen LogP contribution in [0.4, 0.5) is 5.69 Å². The minimum atomic E-state index is -0.0903. The molecule has 0 atom stereocenters. The molecule has 202 valence electrons. The lowest BCUT2D eigenvalue weighted by atomic mass is 9.90. The first-order valence-corrected chi connectivity index (χ1v) is 15.1. The fraction of sp³-hybridized carbons (Fsp3) is 0.643. The Kier molecular flexibility index (Phi) is 13.3. The van der Waals surface area contributed by atoms with Crippen molar-refractivity contribution in [1.29, 1.82) is 0 Å². The first kappa shape index (κ1) is 30.6. The molecule has 1 aliphatic carbocycles. The number of benzene rings is 1. The van der Waals surface area contributed by atoms with Crippen LogP contribution in [-0.2, 0) is 14.3 Å². The van der Waals surface area contributed by atoms with Crippen molar-refractivity contribution in [3.8, 4) is 10.4 Å². The summed E-state index contributed by atoms with van der Waals surface area (Å²) in [6.07, 6.45) is 10.1. The Labute approximate surface area is 226 Å². The quantitative estimate of drug-likeness (QED) is 0.263. The van der Waals surface area contributed by atoms with Crippen LogP contribution in [-0.4, -0.2) is 35.8 Å². The monoisotopic (exact) mass is 535 g/mol. The fourth-order valence-corrected chi connectivity index (χ4v) is 5.90. The van der Waals surface area contributed by atoms with Gasteiger partial charge in [0, 0.05) is 34.7 Å². The lowest BCUT2D eigenvalue weighted by Gasteiger charge is -2.39. The van der Waals surface area contributed by atoms with Crippen LogP contribution in [0.2, 0.25) is 0 Å². The van der Waals surface area contributed by atoms with Crippen molar-refractivity contribution in [3.05, 3.63) is 29.4 Å². The number of nitrogens with zero attached hydrogens (tertiary/aromatic N) is 1. The van der Waals surface area contributed by atoms with Crippen LogP contribution < -0.4 is 10.5 Å². The average molecular weight is 536 g/mol. The van der Waals surface area contributed by atoms with Crippen molar-refractivity contribution in [3.63, 3.8) is 0 Å². The van der Waals surface area contributed by atoms with E-state index in [2.05, 4.69) is 30.4 Å². The van der Waals surface area contributed by atoms with Crippen LogP contribution in [0, 0.1) is 0 Å². The maximum atomic E-state index is 10.6. The van der Waals surface area contributed by atoms with Crippen LogP contribution in [0.25, 0.3) is 10.4 Å². The maximum absolute atomic E-state index is 10.6. The second-order valence-corrected chi connectivity index (χ2v) is 11.4. The highest BCUT2D eigenvalue weighted by Gasteiger charge is 2.33. The molecule has 2 aliphatic rings. The summed E-state index contributed by atoms with van der Waals surface area (Å²) in [5, 5.41) is 10.8. The Morgan fingerprint density at radius 2 is 1.97 bits per heavy atom. The number of rotatable bonds is 8. The minimum Gasteiger partial charge on any atom is -0.463 e. The molecule has 1 saturated carbocycles. The van der Waals surface area contributed by atoms with E-state index in [1.54, 1.807) is 0 Å². The van der Waals surface area contributed by atoms with Gasteiger partial charge in [-0.25, -0.2) is 4.98 Å². The summed E-state index contributed by atoms with van der Waals surface area (Å²) in [4.78, 5) is 17.7. The maximum Gasteiger partial charge on any atom is 0.306 e. The van der Waals surface area contributed by atoms with Crippen LogP contribution >= 0.6 is 23.3 Å². The van der Waals surface area contributed by atoms with Gasteiger partial charge in [0.1, 0.15) is 0 Å². The van der Waals surface area contributed by atoms with Crippen molar-refractivity contribution in [2.45, 2.75) is 109 Å². The lowest BCUT2D eigenvalue weighted by Crippen LogP contribution is -2.53. The molecule has 1 aliphatic heterocycles. The summed E-state index contributed by atoms with van der Waals surface area (Å²) in [5.41, 5.74) is 2.32. The number of ether oxygens (including phenoxy) is 2. The summed E-state index contributed by atoms with van der Waals surface area (Å²) in [5.74, 6) is 0.563. The van der Waals surface area contributed by atoms with Crippen LogP contribution in [0.3, 0.4) is 0 Å². The first-order chi connectivity index (χ1) is 17.3. The van der Waals surface area contributed by atoms with E-state index in [1.165, 1.54) is 59.5 Å². The van der Waals surface area contributed by atoms with Gasteiger partial charge in [0.05, 0.1) is 34.7 Å². The number of nitrogens with one attached hydrogen (secondary N) is 1. The van der Waals surface area contributed by atoms with Gasteiger partial charge in [-0.05, 0) is 64.1 Å². The van der Waals surface area contributed by atoms with Crippen molar-refractivity contribution in [2.75, 3.05) is 18.5 Å². The molecule has 2 aromatic rings. The SMILES string of the molecule is CC.CC1(Nc2ccc(-c3cnc(C4CCCCC4)s3)c(SN)c2)COC1.CCCC(=O)OC(C)C. The van der Waals surface area contributed by atoms with E-state index in [0.717, 1.165) is 30.2 Å². The topological polar surface area (TPSA) is 86.5 Å². The molecule has 3 N–H and O–H groups in total. The highest BCUT2D eigenvalue weighted by atomic mass is 32.2. The summed E-state index contributed by atoms with van der Waals surface area (Å²) in [6, 6.07) is 6.45. The van der Waals surface area contributed by atoms with E-state index in [9.17, 15) is 4.79 Å². The predicted molar refractivity (Wildman–Crippen MR) is 154 cm³/mol. The molecule has 0 amide bonds. The molecular formula is C28H45N3O3S2. The molecule has 4 rings (SSSR count). The van der Waals surface area contributed by atoms with Crippen molar-refractivity contribution in [1.82, 2.24) is 4.98 Å². The molecule has 2 fully saturated rings. The largest absolute Gasteiger partial charge is 0.463 e. The zero-order chi connectivity index (χ0) is 26.6. The zero-order valence-corrected chi connectivity index (χ0v) is 24.5. The molecule has 2 heterocycles. The molecule has 8 heteroatoms. The third kappa shape index (κ3) is 9.36. The van der Waals surface area contributed by atoms with Crippen molar-refractivity contribution >= 4 is 34.9 Å². The van der Waals surface area contributed by atoms with E-state index in [0.29, 0.717) is 12.3 Å². The molecule has 1 saturated heterocycles. The Balaban J connectivity index is 0.000000354. The van der Waals surface area contributed by atoms with Gasteiger partial charge < -0.3 is 14.8 Å². The molecule has 0 unspecified atom stereocenters. The third-order valence-corrected chi connectivity index (χ3v) is 7.75. The van der Waals surface area contributed by atoms with Gasteiger partial charge >= 0.3 is 5.97 Å². The molecule has 36 heavy (non-hydrogen) atoms. The number of thiazole rings is 1. The number of esters is 1. The number of hydrogen-bond donors (Lipinski definition) is 2. The van der Waals surface area contributed by atoms with E-state index in [4.69, 9.17) is 19.6 Å². The fourth-order valence-electron chi connectivity index (χ4n) is 4.21. The Morgan fingerprint density at radius 3 is 2.53 bits per heavy atom. The lowest BCUT2D eigenvalue weighted by molar-refractivity contribution is -0.147. The van der Waals surface area contributed by atoms with Gasteiger partial charge in [0.15, 0.2) is 0 Å². The summed E-state index contributed by atoms with van der Waals surface area (Å²) in [6.45, 7) is 13.3. The Hall–Kier alpha value is -1.61. The first-order valence-electron chi connectivity index (χ1n) is 13.4. The molecule has 1 aromatic carbocycles. The Bertz CT molecular complexity index is 923. The van der Waals surface area contributed by atoms with Crippen LogP contribution in [0.15, 0.2) is 29.3 Å². The van der Waals surface area contributed by atoms with Gasteiger partial charge in [0.2, 0.25) is 0 Å². The van der Waals surface area contributed by atoms with E-state index >= 15 is 0 Å². The number of carbonyl (C=O) groups is 1. The standard InChI is InChI=1S/C19H25N3OS2.C7H14O2.C2H6/c1-19(11-23-12-19)22-14-7-8-15(16(9-14)25-20)17-10-21-18(24-17)13-5-3-2-4-6-13;1-4-5-7(8)9-6(2)3;1-2/h7-10,13,22H,2-6,11-12,20H2,1H3;6H,4-5H2,1-3H3;1-2H3. The summed E-state index contributed by atoms with van der Waals surface area (Å²) >= 11 is 3.14. The van der Waals surface area contributed by atoms with Gasteiger partial charge in [-0.3, -0.25) is 9.93 Å². The summed E-state index contributed by atoms with van der Waals surface area (Å²) in [7, 11) is 0. The number of anilines is 1. The predicted octanol–water partition coefficient (Wildman–Crippen LogP) is 7.79. The molecule has 0 bridgehead atoms.